The Kier molecular flexibility index (Phi) is 7.54. The minimum Gasteiger partial charge on any atom is -0.496 e. The number of unbranched alkanes of at least 4 members (excludes halogenated alkanes) is 1. The summed E-state index contributed by atoms with van der Waals surface area (Å²) in [4.78, 5) is 12.2. The van der Waals surface area contributed by atoms with E-state index in [1.165, 1.54) is 6.08 Å². The summed E-state index contributed by atoms with van der Waals surface area (Å²) in [5, 5.41) is 2.86. The maximum absolute atomic E-state index is 12.2. The molecule has 0 aliphatic rings. The zero-order valence-electron chi connectivity index (χ0n) is 14.4. The second-order valence-corrected chi connectivity index (χ2v) is 6.32. The zero-order valence-corrected chi connectivity index (χ0v) is 16.0. The fourth-order valence-corrected chi connectivity index (χ4v) is 2.58. The zero-order chi connectivity index (χ0) is 18.1. The minimum atomic E-state index is -0.228. The molecule has 0 fully saturated rings. The van der Waals surface area contributed by atoms with E-state index < -0.39 is 0 Å². The molecule has 5 heteroatoms. The first kappa shape index (κ1) is 19.1. The summed E-state index contributed by atoms with van der Waals surface area (Å²) in [5.74, 6) is 1.15. The number of methoxy groups -OCH3 is 1. The van der Waals surface area contributed by atoms with Crippen LogP contribution in [0.15, 0.2) is 53.0 Å². The van der Waals surface area contributed by atoms with E-state index in [4.69, 9.17) is 9.47 Å². The second kappa shape index (κ2) is 9.89. The molecule has 1 amide bonds. The predicted octanol–water partition coefficient (Wildman–Crippen LogP) is 5.29. The summed E-state index contributed by atoms with van der Waals surface area (Å²) in [7, 11) is 1.60. The monoisotopic (exact) mass is 403 g/mol. The normalized spacial score (nSPS) is 10.7. The van der Waals surface area contributed by atoms with Crippen LogP contribution in [-0.2, 0) is 4.79 Å². The highest BCUT2D eigenvalue weighted by atomic mass is 79.9. The van der Waals surface area contributed by atoms with Crippen molar-refractivity contribution in [2.75, 3.05) is 19.0 Å². The van der Waals surface area contributed by atoms with Gasteiger partial charge in [0, 0.05) is 16.1 Å². The van der Waals surface area contributed by atoms with Crippen LogP contribution >= 0.6 is 15.9 Å². The third-order valence-corrected chi connectivity index (χ3v) is 4.00. The van der Waals surface area contributed by atoms with Gasteiger partial charge in [-0.25, -0.2) is 0 Å². The molecule has 0 atom stereocenters. The molecule has 25 heavy (non-hydrogen) atoms. The maximum Gasteiger partial charge on any atom is 0.248 e. The summed E-state index contributed by atoms with van der Waals surface area (Å²) < 4.78 is 11.9. The van der Waals surface area contributed by atoms with Crippen LogP contribution in [0.4, 0.5) is 5.69 Å². The Morgan fingerprint density at radius 2 is 2.00 bits per heavy atom. The number of nitrogens with one attached hydrogen (secondary N) is 1. The number of anilines is 1. The fourth-order valence-electron chi connectivity index (χ4n) is 2.20. The minimum absolute atomic E-state index is 0.228. The van der Waals surface area contributed by atoms with Crippen molar-refractivity contribution in [3.05, 3.63) is 58.6 Å². The van der Waals surface area contributed by atoms with Crippen molar-refractivity contribution in [1.82, 2.24) is 0 Å². The van der Waals surface area contributed by atoms with E-state index in [0.717, 1.165) is 22.9 Å². The van der Waals surface area contributed by atoms with Crippen molar-refractivity contribution >= 4 is 33.6 Å². The third kappa shape index (κ3) is 5.94. The molecule has 0 saturated heterocycles. The molecule has 4 nitrogen and oxygen atoms in total. The number of halogens is 1. The number of carbonyl (C=O) groups excluding carboxylic acids is 1. The van der Waals surface area contributed by atoms with Crippen molar-refractivity contribution in [3.63, 3.8) is 0 Å². The van der Waals surface area contributed by atoms with E-state index in [0.29, 0.717) is 23.8 Å². The van der Waals surface area contributed by atoms with Crippen LogP contribution < -0.4 is 14.8 Å². The molecule has 0 saturated carbocycles. The Morgan fingerprint density at radius 3 is 2.76 bits per heavy atom. The molecule has 0 bridgehead atoms. The van der Waals surface area contributed by atoms with Crippen LogP contribution in [0, 0.1) is 0 Å². The number of para-hydroxylation sites is 2. The van der Waals surface area contributed by atoms with Gasteiger partial charge in [-0.15, -0.1) is 0 Å². The molecule has 0 unspecified atom stereocenters. The van der Waals surface area contributed by atoms with Crippen LogP contribution in [0.3, 0.4) is 0 Å². The lowest BCUT2D eigenvalue weighted by Crippen LogP contribution is -2.09. The molecule has 0 heterocycles. The van der Waals surface area contributed by atoms with Gasteiger partial charge < -0.3 is 14.8 Å². The van der Waals surface area contributed by atoms with Gasteiger partial charge in [-0.2, -0.15) is 0 Å². The van der Waals surface area contributed by atoms with Crippen molar-refractivity contribution < 1.29 is 14.3 Å². The predicted molar refractivity (Wildman–Crippen MR) is 105 cm³/mol. The highest BCUT2D eigenvalue weighted by molar-refractivity contribution is 9.10. The average molecular weight is 404 g/mol. The largest absolute Gasteiger partial charge is 0.496 e. The SMILES string of the molecule is CCCCOc1ccccc1NC(=O)/C=C/c1cc(Br)ccc1OC. The van der Waals surface area contributed by atoms with Gasteiger partial charge in [0.1, 0.15) is 11.5 Å². The van der Waals surface area contributed by atoms with Crippen LogP contribution in [0.1, 0.15) is 25.3 Å². The molecule has 0 aliphatic heterocycles. The van der Waals surface area contributed by atoms with Gasteiger partial charge in [0.25, 0.3) is 0 Å². The van der Waals surface area contributed by atoms with E-state index >= 15 is 0 Å². The molecule has 0 spiro atoms. The maximum atomic E-state index is 12.2. The Balaban J connectivity index is 2.07. The first-order valence-electron chi connectivity index (χ1n) is 8.18. The fraction of sp³-hybridized carbons (Fsp3) is 0.250. The molecule has 1 N–H and O–H groups in total. The molecule has 2 rings (SSSR count). The van der Waals surface area contributed by atoms with Crippen LogP contribution in [0.5, 0.6) is 11.5 Å². The van der Waals surface area contributed by atoms with Gasteiger partial charge in [-0.05, 0) is 42.8 Å². The lowest BCUT2D eigenvalue weighted by Gasteiger charge is -2.11. The number of benzene rings is 2. The Hall–Kier alpha value is -2.27. The van der Waals surface area contributed by atoms with Gasteiger partial charge >= 0.3 is 0 Å². The number of ether oxygens (including phenoxy) is 2. The highest BCUT2D eigenvalue weighted by Crippen LogP contribution is 2.25. The van der Waals surface area contributed by atoms with E-state index in [1.54, 1.807) is 13.2 Å². The number of carbonyl (C=O) groups is 1. The molecular weight excluding hydrogens is 382 g/mol. The Morgan fingerprint density at radius 1 is 1.20 bits per heavy atom. The molecule has 0 aromatic heterocycles. The summed E-state index contributed by atoms with van der Waals surface area (Å²) in [5.41, 5.74) is 1.48. The van der Waals surface area contributed by atoms with E-state index in [2.05, 4.69) is 28.2 Å². The van der Waals surface area contributed by atoms with Crippen molar-refractivity contribution in [2.24, 2.45) is 0 Å². The average Bonchev–Trinajstić information content (AvgIpc) is 2.62. The second-order valence-electron chi connectivity index (χ2n) is 5.41. The molecule has 2 aromatic rings. The molecule has 132 valence electrons. The van der Waals surface area contributed by atoms with Crippen LogP contribution in [0.2, 0.25) is 0 Å². The standard InChI is InChI=1S/C20H22BrNO3/c1-3-4-13-25-19-8-6-5-7-17(19)22-20(23)12-9-15-14-16(21)10-11-18(15)24-2/h5-12,14H,3-4,13H2,1-2H3,(H,22,23)/b12-9+. The molecule has 0 radical (unpaired) electrons. The molecular formula is C20H22BrNO3. The van der Waals surface area contributed by atoms with E-state index in [-0.39, 0.29) is 5.91 Å². The number of hydrogen-bond donors (Lipinski definition) is 1. The molecule has 0 aliphatic carbocycles. The van der Waals surface area contributed by atoms with Gasteiger partial charge in [0.05, 0.1) is 19.4 Å². The number of amides is 1. The van der Waals surface area contributed by atoms with Crippen molar-refractivity contribution in [1.29, 1.82) is 0 Å². The Labute approximate surface area is 157 Å². The summed E-state index contributed by atoms with van der Waals surface area (Å²) in [6.07, 6.45) is 5.24. The lowest BCUT2D eigenvalue weighted by atomic mass is 10.2. The van der Waals surface area contributed by atoms with Gasteiger partial charge in [0.15, 0.2) is 0 Å². The summed E-state index contributed by atoms with van der Waals surface area (Å²) >= 11 is 3.42. The van der Waals surface area contributed by atoms with Gasteiger partial charge in [0.2, 0.25) is 5.91 Å². The topological polar surface area (TPSA) is 47.6 Å². The van der Waals surface area contributed by atoms with Crippen molar-refractivity contribution in [3.8, 4) is 11.5 Å². The molecule has 2 aromatic carbocycles. The first-order valence-corrected chi connectivity index (χ1v) is 8.97. The highest BCUT2D eigenvalue weighted by Gasteiger charge is 2.06. The van der Waals surface area contributed by atoms with Gasteiger partial charge in [-0.1, -0.05) is 41.4 Å². The summed E-state index contributed by atoms with van der Waals surface area (Å²) in [6.45, 7) is 2.74. The van der Waals surface area contributed by atoms with Crippen molar-refractivity contribution in [2.45, 2.75) is 19.8 Å². The number of hydrogen-bond acceptors (Lipinski definition) is 3. The third-order valence-electron chi connectivity index (χ3n) is 3.51. The van der Waals surface area contributed by atoms with E-state index in [9.17, 15) is 4.79 Å². The quantitative estimate of drug-likeness (QED) is 0.481. The Bertz CT molecular complexity index is 743. The smallest absolute Gasteiger partial charge is 0.248 e. The summed E-state index contributed by atoms with van der Waals surface area (Å²) in [6, 6.07) is 13.1. The lowest BCUT2D eigenvalue weighted by molar-refractivity contribution is -0.111. The van der Waals surface area contributed by atoms with Crippen LogP contribution in [-0.4, -0.2) is 19.6 Å². The number of rotatable bonds is 8. The first-order chi connectivity index (χ1) is 12.1. The van der Waals surface area contributed by atoms with Crippen LogP contribution in [0.25, 0.3) is 6.08 Å². The van der Waals surface area contributed by atoms with Gasteiger partial charge in [-0.3, -0.25) is 4.79 Å². The van der Waals surface area contributed by atoms with E-state index in [1.807, 2.05) is 42.5 Å².